The second kappa shape index (κ2) is 17.3. The summed E-state index contributed by atoms with van der Waals surface area (Å²) in [5, 5.41) is 23.4. The number of carboxylic acid groups (broad SMARTS) is 1. The van der Waals surface area contributed by atoms with Crippen LogP contribution in [0.15, 0.2) is 42.5 Å². The molecule has 0 saturated carbocycles. The zero-order chi connectivity index (χ0) is 33.8. The summed E-state index contributed by atoms with van der Waals surface area (Å²) in [5.41, 5.74) is 7.89. The van der Waals surface area contributed by atoms with Gasteiger partial charge in [-0.3, -0.25) is 9.32 Å². The number of carbonyl (C=O) groups is 1. The van der Waals surface area contributed by atoms with E-state index in [2.05, 4.69) is 36.3 Å². The summed E-state index contributed by atoms with van der Waals surface area (Å²) in [7, 11) is -4.30. The van der Waals surface area contributed by atoms with Crippen LogP contribution < -0.4 is 15.3 Å². The highest BCUT2D eigenvalue weighted by Gasteiger charge is 2.46. The molecule has 5 N–H and O–H groups in total. The molecule has 9 heteroatoms. The van der Waals surface area contributed by atoms with Crippen LogP contribution in [0.1, 0.15) is 121 Å². The van der Waals surface area contributed by atoms with Crippen LogP contribution in [0.25, 0.3) is 0 Å². The van der Waals surface area contributed by atoms with Gasteiger partial charge in [0, 0.05) is 0 Å². The first-order chi connectivity index (χ1) is 21.7. The summed E-state index contributed by atoms with van der Waals surface area (Å²) >= 11 is 0. The Labute approximate surface area is 277 Å². The molecule has 46 heavy (non-hydrogen) atoms. The molecule has 1 aliphatic rings. The molecule has 1 aliphatic carbocycles. The van der Waals surface area contributed by atoms with Crippen molar-refractivity contribution in [3.8, 4) is 5.75 Å². The van der Waals surface area contributed by atoms with Gasteiger partial charge in [-0.2, -0.15) is 5.09 Å². The lowest BCUT2D eigenvalue weighted by atomic mass is 9.81. The molecule has 0 fully saturated rings. The number of benzene rings is 2. The van der Waals surface area contributed by atoms with Crippen molar-refractivity contribution < 1.29 is 28.6 Å². The second-order valence-electron chi connectivity index (χ2n) is 14.8. The highest BCUT2D eigenvalue weighted by Crippen LogP contribution is 2.50. The van der Waals surface area contributed by atoms with Gasteiger partial charge in [0.2, 0.25) is 0 Å². The predicted molar refractivity (Wildman–Crippen MR) is 186 cm³/mol. The van der Waals surface area contributed by atoms with Gasteiger partial charge < -0.3 is 20.5 Å². The first kappa shape index (κ1) is 38.2. The van der Waals surface area contributed by atoms with Crippen molar-refractivity contribution in [3.05, 3.63) is 64.7 Å². The fourth-order valence-electron chi connectivity index (χ4n) is 6.35. The van der Waals surface area contributed by atoms with Gasteiger partial charge in [-0.25, -0.2) is 4.57 Å². The zero-order valence-electron chi connectivity index (χ0n) is 28.9. The molecule has 0 aliphatic heterocycles. The molecular formula is C37H59N2O6P. The maximum atomic E-state index is 14.6. The van der Waals surface area contributed by atoms with Crippen LogP contribution in [0, 0.1) is 5.41 Å². The second-order valence-corrected chi connectivity index (χ2v) is 16.5. The van der Waals surface area contributed by atoms with E-state index in [9.17, 15) is 19.6 Å². The van der Waals surface area contributed by atoms with Gasteiger partial charge in [0.1, 0.15) is 11.3 Å². The molecule has 2 unspecified atom stereocenters. The minimum Gasteiger partial charge on any atom is -0.480 e. The Morgan fingerprint density at radius 1 is 0.935 bits per heavy atom. The summed E-state index contributed by atoms with van der Waals surface area (Å²) in [5.74, 6) is -0.741. The fraction of sp³-hybridized carbons (Fsp3) is 0.649. The van der Waals surface area contributed by atoms with Gasteiger partial charge >= 0.3 is 13.7 Å². The van der Waals surface area contributed by atoms with E-state index < -0.39 is 36.8 Å². The van der Waals surface area contributed by atoms with Gasteiger partial charge in [0.05, 0.1) is 18.8 Å². The van der Waals surface area contributed by atoms with Gasteiger partial charge in [0.25, 0.3) is 0 Å². The molecule has 0 aromatic heterocycles. The number of aliphatic hydroxyl groups is 1. The molecule has 0 heterocycles. The van der Waals surface area contributed by atoms with Crippen LogP contribution in [0.5, 0.6) is 5.75 Å². The number of fused-ring (bicyclic) bond motifs is 1. The number of aryl methyl sites for hydroxylation is 3. The Morgan fingerprint density at radius 3 is 2.20 bits per heavy atom. The maximum absolute atomic E-state index is 14.6. The standard InChI is InChI=1S/C37H59N2O6P/c1-6-7-8-9-10-11-15-29-20-22-30(23-21-29)24-25-37(38,27-40)28-44-46(43,39-36(5,34(41)42)26-35(2,3)4)45-33-19-14-17-31-16-12-13-18-32(31)33/h14,17,19-23,40H,6-13,15-16,18,24-28,38H2,1-5H3,(H,39,43)(H,41,42)/t36-,37?,46?/m1/s1. The average Bonchev–Trinajstić information content (AvgIpc) is 3.00. The predicted octanol–water partition coefficient (Wildman–Crippen LogP) is 8.16. The molecule has 8 nitrogen and oxygen atoms in total. The summed E-state index contributed by atoms with van der Waals surface area (Å²) in [6, 6.07) is 14.2. The van der Waals surface area contributed by atoms with Crippen LogP contribution in [0.4, 0.5) is 0 Å². The number of aliphatic hydroxyl groups excluding tert-OH is 1. The first-order valence-corrected chi connectivity index (χ1v) is 18.8. The van der Waals surface area contributed by atoms with Gasteiger partial charge in [-0.1, -0.05) is 96.2 Å². The van der Waals surface area contributed by atoms with Gasteiger partial charge in [0.15, 0.2) is 0 Å². The molecule has 0 saturated heterocycles. The van der Waals surface area contributed by atoms with E-state index in [4.69, 9.17) is 14.8 Å². The summed E-state index contributed by atoms with van der Waals surface area (Å²) < 4.78 is 26.7. The molecule has 2 aromatic carbocycles. The van der Waals surface area contributed by atoms with E-state index in [1.165, 1.54) is 51.0 Å². The van der Waals surface area contributed by atoms with Crippen molar-refractivity contribution in [2.24, 2.45) is 11.1 Å². The van der Waals surface area contributed by atoms with Crippen LogP contribution in [-0.4, -0.2) is 40.5 Å². The smallest absolute Gasteiger partial charge is 0.459 e. The summed E-state index contributed by atoms with van der Waals surface area (Å²) in [4.78, 5) is 12.6. The number of unbranched alkanes of at least 4 members (excludes halogenated alkanes) is 5. The van der Waals surface area contributed by atoms with Crippen molar-refractivity contribution >= 4 is 13.7 Å². The molecule has 258 valence electrons. The number of hydrogen-bond acceptors (Lipinski definition) is 6. The van der Waals surface area contributed by atoms with Crippen molar-refractivity contribution in [3.63, 3.8) is 0 Å². The normalized spacial score (nSPS) is 17.4. The number of aliphatic carboxylic acids is 1. The summed E-state index contributed by atoms with van der Waals surface area (Å²) in [6.45, 7) is 8.82. The van der Waals surface area contributed by atoms with Gasteiger partial charge in [-0.15, -0.1) is 0 Å². The molecule has 0 radical (unpaired) electrons. The lowest BCUT2D eigenvalue weighted by molar-refractivity contribution is -0.144. The quantitative estimate of drug-likeness (QED) is 0.0828. The van der Waals surface area contributed by atoms with Crippen molar-refractivity contribution in [2.75, 3.05) is 13.2 Å². The van der Waals surface area contributed by atoms with Gasteiger partial charge in [-0.05, 0) is 98.4 Å². The molecule has 3 rings (SSSR count). The molecule has 2 aromatic rings. The number of nitrogens with two attached hydrogens (primary N) is 1. The topological polar surface area (TPSA) is 131 Å². The Balaban J connectivity index is 1.73. The third-order valence-corrected chi connectivity index (χ3v) is 10.6. The van der Waals surface area contributed by atoms with Crippen molar-refractivity contribution in [2.45, 2.75) is 136 Å². The average molecular weight is 659 g/mol. The Kier molecular flexibility index (Phi) is 14.3. The Morgan fingerprint density at radius 2 is 1.57 bits per heavy atom. The highest BCUT2D eigenvalue weighted by molar-refractivity contribution is 7.52. The third-order valence-electron chi connectivity index (χ3n) is 8.90. The lowest BCUT2D eigenvalue weighted by Gasteiger charge is -2.36. The maximum Gasteiger partial charge on any atom is 0.459 e. The largest absolute Gasteiger partial charge is 0.480 e. The van der Waals surface area contributed by atoms with E-state index in [0.29, 0.717) is 18.6 Å². The molecule has 0 amide bonds. The minimum atomic E-state index is -4.30. The Bertz CT molecular complexity index is 1290. The van der Waals surface area contributed by atoms with E-state index in [-0.39, 0.29) is 13.0 Å². The monoisotopic (exact) mass is 658 g/mol. The van der Waals surface area contributed by atoms with Crippen molar-refractivity contribution in [1.82, 2.24) is 5.09 Å². The molecule has 0 bridgehead atoms. The van der Waals surface area contributed by atoms with E-state index in [1.54, 1.807) is 6.07 Å². The third kappa shape index (κ3) is 12.1. The van der Waals surface area contributed by atoms with Crippen molar-refractivity contribution in [1.29, 1.82) is 0 Å². The van der Waals surface area contributed by atoms with E-state index in [0.717, 1.165) is 48.8 Å². The highest BCUT2D eigenvalue weighted by atomic mass is 31.2. The summed E-state index contributed by atoms with van der Waals surface area (Å²) in [6.07, 6.45) is 13.6. The fourth-order valence-corrected chi connectivity index (χ4v) is 8.15. The molecular weight excluding hydrogens is 599 g/mol. The van der Waals surface area contributed by atoms with E-state index >= 15 is 0 Å². The minimum absolute atomic E-state index is 0.168. The van der Waals surface area contributed by atoms with Crippen LogP contribution in [0.2, 0.25) is 0 Å². The Hall–Kier alpha value is -2.22. The molecule has 0 spiro atoms. The van der Waals surface area contributed by atoms with Crippen LogP contribution in [0.3, 0.4) is 0 Å². The number of carboxylic acids is 1. The SMILES string of the molecule is CCCCCCCCc1ccc(CCC(N)(CO)COP(=O)(N[C@](C)(CC(C)(C)C)C(=O)O)Oc2cccc3c2CCCC3)cc1. The number of hydrogen-bond donors (Lipinski definition) is 4. The zero-order valence-corrected chi connectivity index (χ0v) is 29.8. The number of rotatable bonds is 20. The first-order valence-electron chi connectivity index (χ1n) is 17.3. The van der Waals surface area contributed by atoms with Crippen LogP contribution in [-0.2, 0) is 39.6 Å². The molecule has 3 atom stereocenters. The lowest BCUT2D eigenvalue weighted by Crippen LogP contribution is -2.52. The van der Waals surface area contributed by atoms with Crippen LogP contribution >= 0.6 is 7.75 Å². The van der Waals surface area contributed by atoms with E-state index in [1.807, 2.05) is 32.9 Å². The number of nitrogens with one attached hydrogen (secondary N) is 1.